The first kappa shape index (κ1) is 12.1. The Morgan fingerprint density at radius 2 is 1.80 bits per heavy atom. The lowest BCUT2D eigenvalue weighted by molar-refractivity contribution is -0.132. The molecule has 0 saturated carbocycles. The standard InChI is InChI=1S/C3H6F3N.C2H4O/c4-3(5,6)1-2-7;1-2-3/h1-2,7H2;2H,1H3. The fourth-order valence-electron chi connectivity index (χ4n) is 0.164. The zero-order chi connectivity index (χ0) is 8.62. The molecule has 0 aromatic heterocycles. The molecule has 62 valence electrons. The van der Waals surface area contributed by atoms with E-state index in [2.05, 4.69) is 5.73 Å². The van der Waals surface area contributed by atoms with E-state index in [0.29, 0.717) is 0 Å². The Morgan fingerprint density at radius 3 is 1.80 bits per heavy atom. The van der Waals surface area contributed by atoms with E-state index in [1.165, 1.54) is 6.92 Å². The molecule has 0 aromatic rings. The van der Waals surface area contributed by atoms with Crippen LogP contribution < -0.4 is 5.73 Å². The van der Waals surface area contributed by atoms with Gasteiger partial charge in [-0.1, -0.05) is 0 Å². The van der Waals surface area contributed by atoms with Crippen molar-refractivity contribution < 1.29 is 18.0 Å². The summed E-state index contributed by atoms with van der Waals surface area (Å²) in [4.78, 5) is 8.81. The van der Waals surface area contributed by atoms with Crippen molar-refractivity contribution in [2.45, 2.75) is 19.5 Å². The Kier molecular flexibility index (Phi) is 7.93. The number of carbonyl (C=O) groups is 1. The van der Waals surface area contributed by atoms with Gasteiger partial charge in [-0.05, 0) is 6.92 Å². The molecule has 0 aromatic carbocycles. The van der Waals surface area contributed by atoms with Gasteiger partial charge >= 0.3 is 6.18 Å². The summed E-state index contributed by atoms with van der Waals surface area (Å²) < 4.78 is 32.9. The van der Waals surface area contributed by atoms with Gasteiger partial charge in [0.15, 0.2) is 0 Å². The highest BCUT2D eigenvalue weighted by atomic mass is 19.4. The van der Waals surface area contributed by atoms with Crippen molar-refractivity contribution in [2.24, 2.45) is 5.73 Å². The Balaban J connectivity index is 0. The van der Waals surface area contributed by atoms with Crippen LogP contribution in [-0.4, -0.2) is 19.0 Å². The van der Waals surface area contributed by atoms with Crippen LogP contribution in [-0.2, 0) is 4.79 Å². The number of carbonyl (C=O) groups excluding carboxylic acids is 1. The van der Waals surface area contributed by atoms with Crippen LogP contribution in [0, 0.1) is 0 Å². The fraction of sp³-hybridized carbons (Fsp3) is 0.800. The van der Waals surface area contributed by atoms with E-state index in [1.807, 2.05) is 0 Å². The van der Waals surface area contributed by atoms with E-state index in [0.717, 1.165) is 6.29 Å². The molecule has 0 aliphatic carbocycles. The van der Waals surface area contributed by atoms with Gasteiger partial charge in [-0.25, -0.2) is 0 Å². The van der Waals surface area contributed by atoms with Gasteiger partial charge in [0.2, 0.25) is 0 Å². The third kappa shape index (κ3) is 26.1. The topological polar surface area (TPSA) is 43.1 Å². The second kappa shape index (κ2) is 6.54. The van der Waals surface area contributed by atoms with Gasteiger partial charge in [-0.15, -0.1) is 0 Å². The van der Waals surface area contributed by atoms with Gasteiger partial charge in [0, 0.05) is 6.54 Å². The number of hydrogen-bond donors (Lipinski definition) is 1. The van der Waals surface area contributed by atoms with Gasteiger partial charge in [0.25, 0.3) is 0 Å². The monoisotopic (exact) mass is 157 g/mol. The van der Waals surface area contributed by atoms with Crippen LogP contribution in [0.2, 0.25) is 0 Å². The molecule has 2 N–H and O–H groups in total. The van der Waals surface area contributed by atoms with E-state index in [9.17, 15) is 13.2 Å². The molecule has 0 atom stereocenters. The predicted molar refractivity (Wildman–Crippen MR) is 31.5 cm³/mol. The van der Waals surface area contributed by atoms with Gasteiger partial charge in [0.05, 0.1) is 6.42 Å². The van der Waals surface area contributed by atoms with Crippen molar-refractivity contribution in [2.75, 3.05) is 6.54 Å². The highest BCUT2D eigenvalue weighted by Crippen LogP contribution is 2.17. The molecular weight excluding hydrogens is 147 g/mol. The van der Waals surface area contributed by atoms with Crippen molar-refractivity contribution in [3.05, 3.63) is 0 Å². The second-order valence-corrected chi connectivity index (χ2v) is 1.39. The van der Waals surface area contributed by atoms with Crippen LogP contribution in [0.15, 0.2) is 0 Å². The summed E-state index contributed by atoms with van der Waals surface area (Å²) in [6.45, 7) is 1.13. The average Bonchev–Trinajstić information content (AvgIpc) is 1.63. The Hall–Kier alpha value is -0.580. The maximum Gasteiger partial charge on any atom is 0.390 e. The molecule has 0 unspecified atom stereocenters. The van der Waals surface area contributed by atoms with Crippen LogP contribution in [0.1, 0.15) is 13.3 Å². The minimum absolute atomic E-state index is 0.316. The fourth-order valence-corrected chi connectivity index (χ4v) is 0.164. The first-order chi connectivity index (χ1) is 4.47. The Morgan fingerprint density at radius 1 is 1.50 bits per heavy atom. The molecule has 0 radical (unpaired) electrons. The van der Waals surface area contributed by atoms with E-state index in [4.69, 9.17) is 4.79 Å². The quantitative estimate of drug-likeness (QED) is 0.579. The van der Waals surface area contributed by atoms with Crippen molar-refractivity contribution in [3.8, 4) is 0 Å². The summed E-state index contributed by atoms with van der Waals surface area (Å²) in [5, 5.41) is 0. The SMILES string of the molecule is CC=O.NCCC(F)(F)F. The molecule has 5 heteroatoms. The van der Waals surface area contributed by atoms with Crippen LogP contribution in [0.3, 0.4) is 0 Å². The van der Waals surface area contributed by atoms with E-state index in [-0.39, 0.29) is 6.54 Å². The lowest BCUT2D eigenvalue weighted by atomic mass is 10.4. The van der Waals surface area contributed by atoms with E-state index >= 15 is 0 Å². The average molecular weight is 157 g/mol. The molecule has 0 spiro atoms. The number of alkyl halides is 3. The third-order valence-electron chi connectivity index (χ3n) is 0.428. The molecule has 2 nitrogen and oxygen atoms in total. The Labute approximate surface area is 57.2 Å². The van der Waals surface area contributed by atoms with Crippen molar-refractivity contribution in [1.82, 2.24) is 0 Å². The summed E-state index contributed by atoms with van der Waals surface area (Å²) in [5.74, 6) is 0. The lowest BCUT2D eigenvalue weighted by Gasteiger charge is -2.00. The molecule has 0 saturated heterocycles. The highest BCUT2D eigenvalue weighted by molar-refractivity contribution is 5.44. The zero-order valence-electron chi connectivity index (χ0n) is 5.61. The molecular formula is C5H10F3NO. The van der Waals surface area contributed by atoms with Gasteiger partial charge in [0.1, 0.15) is 6.29 Å². The number of nitrogens with two attached hydrogens (primary N) is 1. The van der Waals surface area contributed by atoms with Crippen LogP contribution in [0.4, 0.5) is 13.2 Å². The number of aldehydes is 1. The number of hydrogen-bond acceptors (Lipinski definition) is 2. The molecule has 0 fully saturated rings. The molecule has 0 aliphatic rings. The van der Waals surface area contributed by atoms with Gasteiger partial charge in [-0.3, -0.25) is 0 Å². The van der Waals surface area contributed by atoms with E-state index in [1.54, 1.807) is 0 Å². The van der Waals surface area contributed by atoms with Crippen molar-refractivity contribution >= 4 is 6.29 Å². The van der Waals surface area contributed by atoms with Gasteiger partial charge < -0.3 is 10.5 Å². The summed E-state index contributed by atoms with van der Waals surface area (Å²) in [5.41, 5.74) is 4.59. The minimum Gasteiger partial charge on any atom is -0.330 e. The summed E-state index contributed by atoms with van der Waals surface area (Å²) in [7, 11) is 0. The van der Waals surface area contributed by atoms with E-state index < -0.39 is 12.6 Å². The molecule has 0 rings (SSSR count). The zero-order valence-corrected chi connectivity index (χ0v) is 5.61. The third-order valence-corrected chi connectivity index (χ3v) is 0.428. The molecule has 0 bridgehead atoms. The van der Waals surface area contributed by atoms with Crippen LogP contribution in [0.5, 0.6) is 0 Å². The second-order valence-electron chi connectivity index (χ2n) is 1.39. The molecule has 0 heterocycles. The van der Waals surface area contributed by atoms with Gasteiger partial charge in [-0.2, -0.15) is 13.2 Å². The first-order valence-electron chi connectivity index (χ1n) is 2.64. The molecule has 0 amide bonds. The first-order valence-corrected chi connectivity index (χ1v) is 2.64. The lowest BCUT2D eigenvalue weighted by Crippen LogP contribution is -2.14. The summed E-state index contributed by atoms with van der Waals surface area (Å²) in [6.07, 6.45) is -4.21. The number of rotatable bonds is 1. The normalized spacial score (nSPS) is 9.70. The predicted octanol–water partition coefficient (Wildman–Crippen LogP) is 1.10. The number of halogens is 3. The van der Waals surface area contributed by atoms with Crippen molar-refractivity contribution in [3.63, 3.8) is 0 Å². The summed E-state index contributed by atoms with van der Waals surface area (Å²) in [6, 6.07) is 0. The highest BCUT2D eigenvalue weighted by Gasteiger charge is 2.24. The minimum atomic E-state index is -4.07. The maximum atomic E-state index is 11.0. The van der Waals surface area contributed by atoms with Crippen LogP contribution >= 0.6 is 0 Å². The molecule has 0 aliphatic heterocycles. The largest absolute Gasteiger partial charge is 0.390 e. The van der Waals surface area contributed by atoms with Crippen molar-refractivity contribution in [1.29, 1.82) is 0 Å². The van der Waals surface area contributed by atoms with Crippen LogP contribution in [0.25, 0.3) is 0 Å². The molecule has 10 heavy (non-hydrogen) atoms. The Bertz CT molecular complexity index is 81.5. The summed E-state index contributed by atoms with van der Waals surface area (Å²) >= 11 is 0. The maximum absolute atomic E-state index is 11.0. The smallest absolute Gasteiger partial charge is 0.330 e.